The molecular formula is C22H29N7. The Morgan fingerprint density at radius 3 is 2.48 bits per heavy atom. The van der Waals surface area contributed by atoms with E-state index < -0.39 is 0 Å². The zero-order valence-electron chi connectivity index (χ0n) is 17.2. The molecule has 2 saturated heterocycles. The standard InChI is InChI=1S/C22H29N7/c1-18-15-25-29(16-18)13-10-26-8-11-27(12-9-26)19-4-5-21-20(14-19)22(24-17-23-21)28-6-2-3-7-28/h4-5,14-17H,2-3,6-13H2,1H3. The lowest BCUT2D eigenvalue weighted by Gasteiger charge is -2.36. The van der Waals surface area contributed by atoms with E-state index in [2.05, 4.69) is 61.1 Å². The maximum Gasteiger partial charge on any atom is 0.139 e. The van der Waals surface area contributed by atoms with Crippen LogP contribution in [0.3, 0.4) is 0 Å². The van der Waals surface area contributed by atoms with Crippen molar-refractivity contribution in [3.63, 3.8) is 0 Å². The van der Waals surface area contributed by atoms with Gasteiger partial charge >= 0.3 is 0 Å². The first-order valence-corrected chi connectivity index (χ1v) is 10.7. The van der Waals surface area contributed by atoms with Gasteiger partial charge in [0.2, 0.25) is 0 Å². The van der Waals surface area contributed by atoms with Crippen LogP contribution in [0.5, 0.6) is 0 Å². The Kier molecular flexibility index (Phi) is 5.06. The maximum atomic E-state index is 4.62. The molecule has 3 aromatic rings. The van der Waals surface area contributed by atoms with Crippen LogP contribution >= 0.6 is 0 Å². The fourth-order valence-corrected chi connectivity index (χ4v) is 4.47. The van der Waals surface area contributed by atoms with Crippen LogP contribution in [0.1, 0.15) is 18.4 Å². The molecule has 0 amide bonds. The van der Waals surface area contributed by atoms with E-state index in [1.165, 1.54) is 29.5 Å². The monoisotopic (exact) mass is 391 g/mol. The second-order valence-corrected chi connectivity index (χ2v) is 8.20. The Balaban J connectivity index is 1.26. The summed E-state index contributed by atoms with van der Waals surface area (Å²) in [7, 11) is 0. The highest BCUT2D eigenvalue weighted by atomic mass is 15.3. The van der Waals surface area contributed by atoms with Crippen LogP contribution < -0.4 is 9.80 Å². The van der Waals surface area contributed by atoms with Gasteiger partial charge in [-0.3, -0.25) is 9.58 Å². The number of rotatable bonds is 5. The lowest BCUT2D eigenvalue weighted by atomic mass is 10.1. The van der Waals surface area contributed by atoms with Crippen LogP contribution in [0, 0.1) is 6.92 Å². The summed E-state index contributed by atoms with van der Waals surface area (Å²) >= 11 is 0. The van der Waals surface area contributed by atoms with E-state index in [1.807, 2.05) is 10.9 Å². The maximum absolute atomic E-state index is 4.62. The largest absolute Gasteiger partial charge is 0.369 e. The van der Waals surface area contributed by atoms with E-state index in [-0.39, 0.29) is 0 Å². The highest BCUT2D eigenvalue weighted by molar-refractivity contribution is 5.92. The van der Waals surface area contributed by atoms with Crippen LogP contribution in [0.15, 0.2) is 36.9 Å². The van der Waals surface area contributed by atoms with Crippen molar-refractivity contribution in [2.45, 2.75) is 26.3 Å². The highest BCUT2D eigenvalue weighted by Crippen LogP contribution is 2.29. The minimum Gasteiger partial charge on any atom is -0.369 e. The van der Waals surface area contributed by atoms with Crippen LogP contribution in [-0.4, -0.2) is 70.5 Å². The van der Waals surface area contributed by atoms with Gasteiger partial charge in [-0.1, -0.05) is 0 Å². The number of nitrogens with zero attached hydrogens (tertiary/aromatic N) is 7. The zero-order valence-corrected chi connectivity index (χ0v) is 17.2. The van der Waals surface area contributed by atoms with E-state index in [0.717, 1.165) is 63.7 Å². The summed E-state index contributed by atoms with van der Waals surface area (Å²) in [5, 5.41) is 5.58. The van der Waals surface area contributed by atoms with Gasteiger partial charge in [0.25, 0.3) is 0 Å². The number of anilines is 2. The van der Waals surface area contributed by atoms with Gasteiger partial charge in [-0.2, -0.15) is 5.10 Å². The van der Waals surface area contributed by atoms with E-state index in [1.54, 1.807) is 6.33 Å². The summed E-state index contributed by atoms with van der Waals surface area (Å²) in [6, 6.07) is 6.66. The normalized spacial score (nSPS) is 18.1. The van der Waals surface area contributed by atoms with Gasteiger partial charge in [-0.15, -0.1) is 0 Å². The lowest BCUT2D eigenvalue weighted by Crippen LogP contribution is -2.47. The predicted octanol–water partition coefficient (Wildman–Crippen LogP) is 2.56. The average molecular weight is 392 g/mol. The summed E-state index contributed by atoms with van der Waals surface area (Å²) in [6.07, 6.45) is 8.26. The Labute approximate surface area is 171 Å². The van der Waals surface area contributed by atoms with Crippen molar-refractivity contribution in [2.24, 2.45) is 0 Å². The van der Waals surface area contributed by atoms with E-state index in [0.29, 0.717) is 0 Å². The molecule has 0 aliphatic carbocycles. The van der Waals surface area contributed by atoms with Gasteiger partial charge in [-0.05, 0) is 43.5 Å². The number of benzene rings is 1. The van der Waals surface area contributed by atoms with Crippen molar-refractivity contribution >= 4 is 22.4 Å². The third-order valence-electron chi connectivity index (χ3n) is 6.15. The molecular weight excluding hydrogens is 362 g/mol. The first-order valence-electron chi connectivity index (χ1n) is 10.7. The first kappa shape index (κ1) is 18.4. The molecule has 2 aromatic heterocycles. The molecule has 1 aromatic carbocycles. The van der Waals surface area contributed by atoms with Crippen molar-refractivity contribution in [2.75, 3.05) is 55.6 Å². The van der Waals surface area contributed by atoms with E-state index in [4.69, 9.17) is 0 Å². The second kappa shape index (κ2) is 7.99. The first-order chi connectivity index (χ1) is 14.3. The molecule has 2 aliphatic heterocycles. The van der Waals surface area contributed by atoms with Gasteiger partial charge in [0.15, 0.2) is 0 Å². The average Bonchev–Trinajstić information content (AvgIpc) is 3.44. The molecule has 0 spiro atoms. The summed E-state index contributed by atoms with van der Waals surface area (Å²) in [5.41, 5.74) is 3.55. The van der Waals surface area contributed by atoms with Crippen molar-refractivity contribution in [3.8, 4) is 0 Å². The van der Waals surface area contributed by atoms with Crippen molar-refractivity contribution in [1.29, 1.82) is 0 Å². The predicted molar refractivity (Wildman–Crippen MR) is 117 cm³/mol. The zero-order chi connectivity index (χ0) is 19.6. The van der Waals surface area contributed by atoms with Crippen LogP contribution in [-0.2, 0) is 6.54 Å². The Morgan fingerprint density at radius 1 is 0.897 bits per heavy atom. The summed E-state index contributed by atoms with van der Waals surface area (Å²) < 4.78 is 2.05. The lowest BCUT2D eigenvalue weighted by molar-refractivity contribution is 0.244. The highest BCUT2D eigenvalue weighted by Gasteiger charge is 2.20. The molecule has 2 fully saturated rings. The summed E-state index contributed by atoms with van der Waals surface area (Å²) in [5.74, 6) is 1.10. The molecule has 4 heterocycles. The third-order valence-corrected chi connectivity index (χ3v) is 6.15. The van der Waals surface area contributed by atoms with Gasteiger partial charge in [0.05, 0.1) is 18.3 Å². The smallest absolute Gasteiger partial charge is 0.139 e. The van der Waals surface area contributed by atoms with Gasteiger partial charge in [0.1, 0.15) is 12.1 Å². The molecule has 29 heavy (non-hydrogen) atoms. The van der Waals surface area contributed by atoms with Crippen molar-refractivity contribution in [1.82, 2.24) is 24.6 Å². The quantitative estimate of drug-likeness (QED) is 0.666. The summed E-state index contributed by atoms with van der Waals surface area (Å²) in [6.45, 7) is 10.6. The number of fused-ring (bicyclic) bond motifs is 1. The Hall–Kier alpha value is -2.67. The molecule has 5 rings (SSSR count). The van der Waals surface area contributed by atoms with Gasteiger partial charge in [-0.25, -0.2) is 9.97 Å². The van der Waals surface area contributed by atoms with Gasteiger partial charge in [0, 0.05) is 63.1 Å². The molecule has 0 unspecified atom stereocenters. The molecule has 0 atom stereocenters. The number of piperazine rings is 1. The molecule has 7 nitrogen and oxygen atoms in total. The van der Waals surface area contributed by atoms with E-state index in [9.17, 15) is 0 Å². The molecule has 0 saturated carbocycles. The molecule has 0 N–H and O–H groups in total. The number of aryl methyl sites for hydroxylation is 1. The number of hydrogen-bond acceptors (Lipinski definition) is 6. The number of aromatic nitrogens is 4. The second-order valence-electron chi connectivity index (χ2n) is 8.20. The Morgan fingerprint density at radius 2 is 1.72 bits per heavy atom. The number of hydrogen-bond donors (Lipinski definition) is 0. The topological polar surface area (TPSA) is 53.3 Å². The SMILES string of the molecule is Cc1cnn(CCN2CCN(c3ccc4ncnc(N5CCCC5)c4c3)CC2)c1. The van der Waals surface area contributed by atoms with E-state index >= 15 is 0 Å². The third kappa shape index (κ3) is 3.92. The molecule has 0 bridgehead atoms. The molecule has 7 heteroatoms. The Bertz CT molecular complexity index is 968. The molecule has 0 radical (unpaired) electrons. The van der Waals surface area contributed by atoms with Crippen LogP contribution in [0.25, 0.3) is 10.9 Å². The summed E-state index contributed by atoms with van der Waals surface area (Å²) in [4.78, 5) is 16.6. The fraction of sp³-hybridized carbons (Fsp3) is 0.500. The minimum atomic E-state index is 0.959. The minimum absolute atomic E-state index is 0.959. The molecule has 2 aliphatic rings. The molecule has 152 valence electrons. The van der Waals surface area contributed by atoms with Crippen LogP contribution in [0.2, 0.25) is 0 Å². The van der Waals surface area contributed by atoms with Crippen LogP contribution in [0.4, 0.5) is 11.5 Å². The van der Waals surface area contributed by atoms with Crippen molar-refractivity contribution in [3.05, 3.63) is 42.5 Å². The van der Waals surface area contributed by atoms with Gasteiger partial charge < -0.3 is 9.80 Å². The van der Waals surface area contributed by atoms with Crippen molar-refractivity contribution < 1.29 is 0 Å². The fourth-order valence-electron chi connectivity index (χ4n) is 4.47.